The highest BCUT2D eigenvalue weighted by Crippen LogP contribution is 2.29. The number of hydrogen-bond acceptors (Lipinski definition) is 3. The lowest BCUT2D eigenvalue weighted by Gasteiger charge is -2.04. The summed E-state index contributed by atoms with van der Waals surface area (Å²) in [6.45, 7) is 0. The second-order valence-electron chi connectivity index (χ2n) is 3.91. The Bertz CT molecular complexity index is 824. The predicted octanol–water partition coefficient (Wildman–Crippen LogP) is 2.45. The summed E-state index contributed by atoms with van der Waals surface area (Å²) < 4.78 is 27.9. The maximum Gasteiger partial charge on any atom is 0.264 e. The van der Waals surface area contributed by atoms with Crippen LogP contribution < -0.4 is 4.72 Å². The lowest BCUT2D eigenvalue weighted by Crippen LogP contribution is -2.11. The number of benzene rings is 1. The van der Waals surface area contributed by atoms with Crippen molar-refractivity contribution in [3.63, 3.8) is 0 Å². The number of aromatic amines is 2. The van der Waals surface area contributed by atoms with Gasteiger partial charge in [-0.15, -0.1) is 0 Å². The number of para-hydroxylation sites is 1. The highest BCUT2D eigenvalue weighted by molar-refractivity contribution is 9.10. The van der Waals surface area contributed by atoms with Gasteiger partial charge in [-0.25, -0.2) is 8.42 Å². The van der Waals surface area contributed by atoms with E-state index in [9.17, 15) is 8.42 Å². The molecule has 0 amide bonds. The third-order valence-corrected chi connectivity index (χ3v) is 4.75. The van der Waals surface area contributed by atoms with Crippen LogP contribution in [0.4, 0.5) is 5.69 Å². The van der Waals surface area contributed by atoms with Crippen LogP contribution in [0.3, 0.4) is 0 Å². The molecule has 0 saturated heterocycles. The standard InChI is InChI=1S/C11H9BrN4O2S/c12-9-3-1-2-8-10(6-13-11(8)9)19(17,18)16-7-4-14-15-5-7/h1-6,13,16H,(H,14,15). The largest absolute Gasteiger partial charge is 0.359 e. The van der Waals surface area contributed by atoms with Crippen molar-refractivity contribution in [2.75, 3.05) is 4.72 Å². The van der Waals surface area contributed by atoms with Gasteiger partial charge in [0, 0.05) is 22.3 Å². The normalized spacial score (nSPS) is 11.8. The van der Waals surface area contributed by atoms with Gasteiger partial charge in [-0.3, -0.25) is 9.82 Å². The molecule has 1 aromatic carbocycles. The number of nitrogens with one attached hydrogen (secondary N) is 3. The number of halogens is 1. The smallest absolute Gasteiger partial charge is 0.264 e. The first-order valence-electron chi connectivity index (χ1n) is 5.35. The minimum Gasteiger partial charge on any atom is -0.359 e. The molecule has 0 aliphatic heterocycles. The number of sulfonamides is 1. The van der Waals surface area contributed by atoms with Crippen molar-refractivity contribution in [3.8, 4) is 0 Å². The zero-order chi connectivity index (χ0) is 13.5. The fourth-order valence-electron chi connectivity index (χ4n) is 1.83. The van der Waals surface area contributed by atoms with E-state index in [0.717, 1.165) is 9.99 Å². The van der Waals surface area contributed by atoms with Gasteiger partial charge in [0.15, 0.2) is 0 Å². The Balaban J connectivity index is 2.11. The highest BCUT2D eigenvalue weighted by atomic mass is 79.9. The topological polar surface area (TPSA) is 90.6 Å². The van der Waals surface area contributed by atoms with Gasteiger partial charge in [-0.2, -0.15) is 5.10 Å². The lowest BCUT2D eigenvalue weighted by atomic mass is 10.2. The first kappa shape index (κ1) is 12.2. The van der Waals surface area contributed by atoms with Crippen LogP contribution in [0.25, 0.3) is 10.9 Å². The maximum atomic E-state index is 12.3. The molecular weight excluding hydrogens is 332 g/mol. The van der Waals surface area contributed by atoms with Crippen LogP contribution in [0.5, 0.6) is 0 Å². The van der Waals surface area contributed by atoms with Gasteiger partial charge in [0.1, 0.15) is 4.90 Å². The van der Waals surface area contributed by atoms with Gasteiger partial charge < -0.3 is 4.98 Å². The molecule has 0 aliphatic carbocycles. The molecule has 6 nitrogen and oxygen atoms in total. The van der Waals surface area contributed by atoms with Crippen LogP contribution in [0.1, 0.15) is 0 Å². The maximum absolute atomic E-state index is 12.3. The third-order valence-electron chi connectivity index (χ3n) is 2.67. The summed E-state index contributed by atoms with van der Waals surface area (Å²) in [5.74, 6) is 0. The molecule has 2 aromatic heterocycles. The molecule has 0 spiro atoms. The second-order valence-corrected chi connectivity index (χ2v) is 6.41. The average Bonchev–Trinajstić information content (AvgIpc) is 2.97. The van der Waals surface area contributed by atoms with Crippen LogP contribution >= 0.6 is 15.9 Å². The number of fused-ring (bicyclic) bond motifs is 1. The molecule has 0 radical (unpaired) electrons. The number of nitrogens with zero attached hydrogens (tertiary/aromatic N) is 1. The van der Waals surface area contributed by atoms with Crippen molar-refractivity contribution < 1.29 is 8.42 Å². The summed E-state index contributed by atoms with van der Waals surface area (Å²) >= 11 is 3.38. The van der Waals surface area contributed by atoms with Gasteiger partial charge >= 0.3 is 0 Å². The Morgan fingerprint density at radius 3 is 2.84 bits per heavy atom. The summed E-state index contributed by atoms with van der Waals surface area (Å²) in [6.07, 6.45) is 4.35. The molecular formula is C11H9BrN4O2S. The Labute approximate surface area is 117 Å². The van der Waals surface area contributed by atoms with Crippen molar-refractivity contribution in [1.29, 1.82) is 0 Å². The first-order chi connectivity index (χ1) is 9.08. The third kappa shape index (κ3) is 2.13. The Morgan fingerprint density at radius 1 is 1.26 bits per heavy atom. The Hall–Kier alpha value is -1.80. The molecule has 3 N–H and O–H groups in total. The van der Waals surface area contributed by atoms with Gasteiger partial charge in [-0.05, 0) is 22.0 Å². The van der Waals surface area contributed by atoms with E-state index in [1.807, 2.05) is 6.07 Å². The van der Waals surface area contributed by atoms with Gasteiger partial charge in [0.05, 0.1) is 17.4 Å². The molecule has 3 aromatic rings. The van der Waals surface area contributed by atoms with Gasteiger partial charge in [0.25, 0.3) is 10.0 Å². The van der Waals surface area contributed by atoms with E-state index in [1.54, 1.807) is 12.1 Å². The lowest BCUT2D eigenvalue weighted by molar-refractivity contribution is 0.602. The van der Waals surface area contributed by atoms with E-state index in [4.69, 9.17) is 0 Å². The number of H-pyrrole nitrogens is 2. The van der Waals surface area contributed by atoms with Crippen molar-refractivity contribution in [3.05, 3.63) is 41.3 Å². The second kappa shape index (κ2) is 4.39. The summed E-state index contributed by atoms with van der Waals surface area (Å²) in [5, 5.41) is 6.88. The van der Waals surface area contributed by atoms with E-state index < -0.39 is 10.0 Å². The molecule has 98 valence electrons. The molecule has 0 atom stereocenters. The van der Waals surface area contributed by atoms with Crippen molar-refractivity contribution >= 4 is 42.5 Å². The molecule has 8 heteroatoms. The van der Waals surface area contributed by atoms with Gasteiger partial charge in [0.2, 0.25) is 0 Å². The van der Waals surface area contributed by atoms with E-state index in [1.165, 1.54) is 18.6 Å². The summed E-state index contributed by atoms with van der Waals surface area (Å²) in [6, 6.07) is 5.39. The van der Waals surface area contributed by atoms with Crippen molar-refractivity contribution in [2.45, 2.75) is 4.90 Å². The Kier molecular flexibility index (Phi) is 2.83. The van der Waals surface area contributed by atoms with E-state index in [-0.39, 0.29) is 4.90 Å². The molecule has 0 aliphatic rings. The zero-order valence-corrected chi connectivity index (χ0v) is 11.9. The monoisotopic (exact) mass is 340 g/mol. The minimum absolute atomic E-state index is 0.199. The summed E-state index contributed by atoms with van der Waals surface area (Å²) in [5.41, 5.74) is 1.14. The van der Waals surface area contributed by atoms with E-state index in [2.05, 4.69) is 35.8 Å². The quantitative estimate of drug-likeness (QED) is 0.683. The van der Waals surface area contributed by atoms with Crippen LogP contribution in [-0.2, 0) is 10.0 Å². The molecule has 19 heavy (non-hydrogen) atoms. The van der Waals surface area contributed by atoms with E-state index in [0.29, 0.717) is 11.1 Å². The fourth-order valence-corrected chi connectivity index (χ4v) is 3.52. The number of aromatic nitrogens is 3. The summed E-state index contributed by atoms with van der Waals surface area (Å²) in [7, 11) is -3.65. The molecule has 3 rings (SSSR count). The van der Waals surface area contributed by atoms with E-state index >= 15 is 0 Å². The molecule has 2 heterocycles. The predicted molar refractivity (Wildman–Crippen MR) is 75.4 cm³/mol. The van der Waals surface area contributed by atoms with Crippen LogP contribution in [-0.4, -0.2) is 23.6 Å². The molecule has 0 unspecified atom stereocenters. The zero-order valence-electron chi connectivity index (χ0n) is 9.51. The minimum atomic E-state index is -3.65. The average molecular weight is 341 g/mol. The number of hydrogen-bond donors (Lipinski definition) is 3. The molecule has 0 bridgehead atoms. The number of rotatable bonds is 3. The Morgan fingerprint density at radius 2 is 2.11 bits per heavy atom. The first-order valence-corrected chi connectivity index (χ1v) is 7.63. The van der Waals surface area contributed by atoms with Crippen LogP contribution in [0.15, 0.2) is 46.2 Å². The molecule has 0 saturated carbocycles. The highest BCUT2D eigenvalue weighted by Gasteiger charge is 2.20. The SMILES string of the molecule is O=S(=O)(Nc1cn[nH]c1)c1c[nH]c2c(Br)cccc12. The summed E-state index contributed by atoms with van der Waals surface area (Å²) in [4.78, 5) is 3.15. The van der Waals surface area contributed by atoms with Gasteiger partial charge in [-0.1, -0.05) is 12.1 Å². The van der Waals surface area contributed by atoms with Crippen LogP contribution in [0, 0.1) is 0 Å². The molecule has 0 fully saturated rings. The fraction of sp³-hybridized carbons (Fsp3) is 0. The van der Waals surface area contributed by atoms with Crippen molar-refractivity contribution in [1.82, 2.24) is 15.2 Å². The van der Waals surface area contributed by atoms with Crippen LogP contribution in [0.2, 0.25) is 0 Å². The number of anilines is 1. The van der Waals surface area contributed by atoms with Crippen molar-refractivity contribution in [2.24, 2.45) is 0 Å².